The Labute approximate surface area is 96.6 Å². The molecule has 0 aromatic heterocycles. The molecule has 0 atom stereocenters. The monoisotopic (exact) mass is 227 g/mol. The zero-order valence-electron chi connectivity index (χ0n) is 9.13. The van der Waals surface area contributed by atoms with E-state index in [9.17, 15) is 0 Å². The van der Waals surface area contributed by atoms with Gasteiger partial charge < -0.3 is 10.1 Å². The van der Waals surface area contributed by atoms with Gasteiger partial charge in [0.1, 0.15) is 0 Å². The van der Waals surface area contributed by atoms with Crippen LogP contribution in [0.5, 0.6) is 0 Å². The Morgan fingerprint density at radius 3 is 2.60 bits per heavy atom. The highest BCUT2D eigenvalue weighted by Gasteiger charge is 1.92. The van der Waals surface area contributed by atoms with Crippen molar-refractivity contribution < 1.29 is 4.74 Å². The fraction of sp³-hybridized carbons (Fsp3) is 0.500. The maximum absolute atomic E-state index is 5.80. The molecule has 0 saturated heterocycles. The molecule has 0 unspecified atom stereocenters. The standard InChI is InChI=1S/C12H18ClNO/c1-15-9-3-2-8-14-10-11-4-6-12(13)7-5-11/h4-7,14H,2-3,8-10H2,1H3. The number of unbranched alkanes of at least 4 members (excludes halogenated alkanes) is 1. The van der Waals surface area contributed by atoms with E-state index in [1.807, 2.05) is 24.3 Å². The molecule has 0 spiro atoms. The van der Waals surface area contributed by atoms with Gasteiger partial charge in [-0.1, -0.05) is 23.7 Å². The van der Waals surface area contributed by atoms with E-state index in [1.165, 1.54) is 5.56 Å². The molecule has 0 bridgehead atoms. The number of nitrogens with one attached hydrogen (secondary N) is 1. The summed E-state index contributed by atoms with van der Waals surface area (Å²) < 4.78 is 4.98. The van der Waals surface area contributed by atoms with Crippen molar-refractivity contribution in [2.45, 2.75) is 19.4 Å². The number of halogens is 1. The first-order valence-electron chi connectivity index (χ1n) is 5.27. The van der Waals surface area contributed by atoms with Crippen LogP contribution < -0.4 is 5.32 Å². The van der Waals surface area contributed by atoms with Crippen LogP contribution in [0.2, 0.25) is 5.02 Å². The minimum absolute atomic E-state index is 0.791. The molecule has 0 saturated carbocycles. The van der Waals surface area contributed by atoms with E-state index in [1.54, 1.807) is 7.11 Å². The average Bonchev–Trinajstić information content (AvgIpc) is 2.26. The Morgan fingerprint density at radius 1 is 1.20 bits per heavy atom. The Kier molecular flexibility index (Phi) is 6.41. The Morgan fingerprint density at radius 2 is 1.93 bits per heavy atom. The molecule has 3 heteroatoms. The van der Waals surface area contributed by atoms with E-state index in [4.69, 9.17) is 16.3 Å². The molecular weight excluding hydrogens is 210 g/mol. The van der Waals surface area contributed by atoms with Crippen molar-refractivity contribution in [2.24, 2.45) is 0 Å². The maximum Gasteiger partial charge on any atom is 0.0462 e. The van der Waals surface area contributed by atoms with Gasteiger partial charge in [-0.25, -0.2) is 0 Å². The summed E-state index contributed by atoms with van der Waals surface area (Å²) in [6.45, 7) is 2.79. The Hall–Kier alpha value is -0.570. The number of hydrogen-bond acceptors (Lipinski definition) is 2. The van der Waals surface area contributed by atoms with E-state index in [-0.39, 0.29) is 0 Å². The molecule has 1 rings (SSSR count). The van der Waals surface area contributed by atoms with E-state index < -0.39 is 0 Å². The molecule has 0 fully saturated rings. The molecular formula is C12H18ClNO. The molecule has 2 nitrogen and oxygen atoms in total. The maximum atomic E-state index is 5.80. The molecule has 15 heavy (non-hydrogen) atoms. The van der Waals surface area contributed by atoms with Crippen LogP contribution in [-0.4, -0.2) is 20.3 Å². The predicted molar refractivity (Wildman–Crippen MR) is 64.3 cm³/mol. The predicted octanol–water partition coefficient (Wildman–Crippen LogP) is 2.86. The first-order valence-corrected chi connectivity index (χ1v) is 5.65. The van der Waals surface area contributed by atoms with Crippen LogP contribution in [0.1, 0.15) is 18.4 Å². The quantitative estimate of drug-likeness (QED) is 0.724. The average molecular weight is 228 g/mol. The van der Waals surface area contributed by atoms with Crippen molar-refractivity contribution in [3.8, 4) is 0 Å². The molecule has 0 amide bonds. The first kappa shape index (κ1) is 12.5. The zero-order valence-corrected chi connectivity index (χ0v) is 9.89. The van der Waals surface area contributed by atoms with Gasteiger partial charge in [0.05, 0.1) is 0 Å². The largest absolute Gasteiger partial charge is 0.385 e. The van der Waals surface area contributed by atoms with Crippen LogP contribution in [0, 0.1) is 0 Å². The van der Waals surface area contributed by atoms with Crippen LogP contribution in [0.4, 0.5) is 0 Å². The molecule has 0 radical (unpaired) electrons. The second kappa shape index (κ2) is 7.69. The van der Waals surface area contributed by atoms with Crippen molar-refractivity contribution in [1.82, 2.24) is 5.32 Å². The van der Waals surface area contributed by atoms with Gasteiger partial charge in [0.25, 0.3) is 0 Å². The zero-order chi connectivity index (χ0) is 10.9. The summed E-state index contributed by atoms with van der Waals surface area (Å²) in [5, 5.41) is 4.17. The minimum atomic E-state index is 0.791. The van der Waals surface area contributed by atoms with Gasteiger partial charge in [-0.15, -0.1) is 0 Å². The van der Waals surface area contributed by atoms with Crippen molar-refractivity contribution in [3.63, 3.8) is 0 Å². The highest BCUT2D eigenvalue weighted by atomic mass is 35.5. The van der Waals surface area contributed by atoms with Crippen molar-refractivity contribution >= 4 is 11.6 Å². The van der Waals surface area contributed by atoms with Gasteiger partial charge in [-0.3, -0.25) is 0 Å². The normalized spacial score (nSPS) is 10.5. The summed E-state index contributed by atoms with van der Waals surface area (Å²) in [5.74, 6) is 0. The number of methoxy groups -OCH3 is 1. The van der Waals surface area contributed by atoms with E-state index in [2.05, 4.69) is 5.32 Å². The second-order valence-corrected chi connectivity index (χ2v) is 3.94. The van der Waals surface area contributed by atoms with Crippen LogP contribution in [-0.2, 0) is 11.3 Å². The minimum Gasteiger partial charge on any atom is -0.385 e. The highest BCUT2D eigenvalue weighted by Crippen LogP contribution is 2.08. The third-order valence-corrected chi connectivity index (χ3v) is 2.45. The Balaban J connectivity index is 2.07. The third kappa shape index (κ3) is 5.78. The van der Waals surface area contributed by atoms with E-state index in [0.717, 1.165) is 37.6 Å². The number of benzene rings is 1. The summed E-state index contributed by atoms with van der Waals surface area (Å²) in [7, 11) is 1.74. The van der Waals surface area contributed by atoms with Gasteiger partial charge in [0, 0.05) is 25.3 Å². The van der Waals surface area contributed by atoms with Gasteiger partial charge in [-0.05, 0) is 37.1 Å². The summed E-state index contributed by atoms with van der Waals surface area (Å²) in [5.41, 5.74) is 1.27. The molecule has 0 aliphatic rings. The van der Waals surface area contributed by atoms with Gasteiger partial charge in [0.2, 0.25) is 0 Å². The van der Waals surface area contributed by atoms with E-state index >= 15 is 0 Å². The van der Waals surface area contributed by atoms with Gasteiger partial charge in [-0.2, -0.15) is 0 Å². The fourth-order valence-electron chi connectivity index (χ4n) is 1.33. The van der Waals surface area contributed by atoms with Crippen LogP contribution in [0.3, 0.4) is 0 Å². The lowest BCUT2D eigenvalue weighted by atomic mass is 10.2. The topological polar surface area (TPSA) is 21.3 Å². The number of rotatable bonds is 7. The molecule has 1 aromatic carbocycles. The smallest absolute Gasteiger partial charge is 0.0462 e. The first-order chi connectivity index (χ1) is 7.33. The van der Waals surface area contributed by atoms with Crippen LogP contribution in [0.25, 0.3) is 0 Å². The Bertz CT molecular complexity index is 261. The lowest BCUT2D eigenvalue weighted by molar-refractivity contribution is 0.192. The third-order valence-electron chi connectivity index (χ3n) is 2.19. The van der Waals surface area contributed by atoms with Crippen LogP contribution >= 0.6 is 11.6 Å². The summed E-state index contributed by atoms with van der Waals surface area (Å²) >= 11 is 5.80. The summed E-state index contributed by atoms with van der Waals surface area (Å²) in [6, 6.07) is 7.93. The molecule has 0 aliphatic carbocycles. The second-order valence-electron chi connectivity index (χ2n) is 3.50. The fourth-order valence-corrected chi connectivity index (χ4v) is 1.46. The van der Waals surface area contributed by atoms with E-state index in [0.29, 0.717) is 0 Å². The van der Waals surface area contributed by atoms with Crippen molar-refractivity contribution in [2.75, 3.05) is 20.3 Å². The molecule has 0 heterocycles. The summed E-state index contributed by atoms with van der Waals surface area (Å²) in [6.07, 6.45) is 2.27. The number of ether oxygens (including phenoxy) is 1. The molecule has 84 valence electrons. The molecule has 1 N–H and O–H groups in total. The highest BCUT2D eigenvalue weighted by molar-refractivity contribution is 6.30. The van der Waals surface area contributed by atoms with Gasteiger partial charge >= 0.3 is 0 Å². The molecule has 0 aliphatic heterocycles. The van der Waals surface area contributed by atoms with Crippen molar-refractivity contribution in [3.05, 3.63) is 34.9 Å². The van der Waals surface area contributed by atoms with Crippen LogP contribution in [0.15, 0.2) is 24.3 Å². The lowest BCUT2D eigenvalue weighted by Crippen LogP contribution is -2.14. The summed E-state index contributed by atoms with van der Waals surface area (Å²) in [4.78, 5) is 0. The lowest BCUT2D eigenvalue weighted by Gasteiger charge is -2.04. The SMILES string of the molecule is COCCCCNCc1ccc(Cl)cc1. The van der Waals surface area contributed by atoms with Gasteiger partial charge in [0.15, 0.2) is 0 Å². The number of hydrogen-bond donors (Lipinski definition) is 1. The molecule has 1 aromatic rings. The van der Waals surface area contributed by atoms with Crippen molar-refractivity contribution in [1.29, 1.82) is 0 Å².